The molecule has 98 valence electrons. The van der Waals surface area contributed by atoms with Crippen molar-refractivity contribution in [2.24, 2.45) is 17.3 Å². The molecule has 0 bridgehead atoms. The quantitative estimate of drug-likeness (QED) is 0.885. The average Bonchev–Trinajstić information content (AvgIpc) is 2.98. The van der Waals surface area contributed by atoms with Gasteiger partial charge in [-0.05, 0) is 61.5 Å². The standard InChI is InChI=1S/C16H22O2/c1-11-3-4-15(18-2)14(5-11)9-16(10-17)7-12-6-13(12)8-16/h3-5,12-13,17H,6-10H2,1-2H3. The lowest BCUT2D eigenvalue weighted by molar-refractivity contribution is 0.116. The molecule has 2 heteroatoms. The van der Waals surface area contributed by atoms with Crippen LogP contribution >= 0.6 is 0 Å². The molecule has 18 heavy (non-hydrogen) atoms. The normalized spacial score (nSPS) is 33.3. The number of aryl methyl sites for hydroxylation is 1. The van der Waals surface area contributed by atoms with E-state index in [1.165, 1.54) is 30.4 Å². The van der Waals surface area contributed by atoms with Crippen LogP contribution in [0, 0.1) is 24.2 Å². The first-order valence-corrected chi connectivity index (χ1v) is 6.90. The number of benzene rings is 1. The Morgan fingerprint density at radius 1 is 1.33 bits per heavy atom. The fourth-order valence-corrected chi connectivity index (χ4v) is 3.78. The van der Waals surface area contributed by atoms with Gasteiger partial charge in [-0.2, -0.15) is 0 Å². The highest BCUT2D eigenvalue weighted by Crippen LogP contribution is 2.60. The maximum Gasteiger partial charge on any atom is 0.122 e. The van der Waals surface area contributed by atoms with E-state index in [2.05, 4.69) is 19.1 Å². The maximum absolute atomic E-state index is 9.81. The van der Waals surface area contributed by atoms with Crippen molar-refractivity contribution < 1.29 is 9.84 Å². The van der Waals surface area contributed by atoms with Gasteiger partial charge in [-0.1, -0.05) is 17.7 Å². The zero-order chi connectivity index (χ0) is 12.8. The largest absolute Gasteiger partial charge is 0.496 e. The summed E-state index contributed by atoms with van der Waals surface area (Å²) >= 11 is 0. The predicted octanol–water partition coefficient (Wildman–Crippen LogP) is 2.95. The van der Waals surface area contributed by atoms with Gasteiger partial charge in [0.15, 0.2) is 0 Å². The summed E-state index contributed by atoms with van der Waals surface area (Å²) in [6.07, 6.45) is 4.75. The van der Waals surface area contributed by atoms with E-state index in [-0.39, 0.29) is 5.41 Å². The van der Waals surface area contributed by atoms with Crippen molar-refractivity contribution in [3.8, 4) is 5.75 Å². The first-order valence-electron chi connectivity index (χ1n) is 6.90. The van der Waals surface area contributed by atoms with E-state index in [1.807, 2.05) is 6.07 Å². The number of aliphatic hydroxyl groups excluding tert-OH is 1. The SMILES string of the molecule is COc1ccc(C)cc1CC1(CO)CC2CC2C1. The zero-order valence-electron chi connectivity index (χ0n) is 11.3. The Kier molecular flexibility index (Phi) is 2.86. The van der Waals surface area contributed by atoms with Gasteiger partial charge >= 0.3 is 0 Å². The molecule has 2 atom stereocenters. The number of ether oxygens (including phenoxy) is 1. The molecule has 2 unspecified atom stereocenters. The first kappa shape index (κ1) is 12.0. The van der Waals surface area contributed by atoms with Crippen LogP contribution in [0.3, 0.4) is 0 Å². The second-order valence-electron chi connectivity index (χ2n) is 6.31. The van der Waals surface area contributed by atoms with Crippen molar-refractivity contribution in [3.63, 3.8) is 0 Å². The van der Waals surface area contributed by atoms with Crippen LogP contribution in [0.4, 0.5) is 0 Å². The lowest BCUT2D eigenvalue weighted by Crippen LogP contribution is -2.26. The van der Waals surface area contributed by atoms with Gasteiger partial charge in [0.1, 0.15) is 5.75 Å². The third-order valence-electron chi connectivity index (χ3n) is 4.80. The van der Waals surface area contributed by atoms with Gasteiger partial charge in [0.25, 0.3) is 0 Å². The van der Waals surface area contributed by atoms with Crippen LogP contribution in [0.5, 0.6) is 5.75 Å². The van der Waals surface area contributed by atoms with Crippen LogP contribution in [0.25, 0.3) is 0 Å². The monoisotopic (exact) mass is 246 g/mol. The molecule has 1 aromatic rings. The van der Waals surface area contributed by atoms with Crippen molar-refractivity contribution in [1.82, 2.24) is 0 Å². The van der Waals surface area contributed by atoms with Gasteiger partial charge in [-0.3, -0.25) is 0 Å². The van der Waals surface area contributed by atoms with E-state index in [9.17, 15) is 5.11 Å². The number of rotatable bonds is 4. The number of aliphatic hydroxyl groups is 1. The van der Waals surface area contributed by atoms with Crippen molar-refractivity contribution in [2.75, 3.05) is 13.7 Å². The highest BCUT2D eigenvalue weighted by atomic mass is 16.5. The minimum atomic E-state index is 0.120. The number of methoxy groups -OCH3 is 1. The molecule has 2 fully saturated rings. The molecular formula is C16H22O2. The molecule has 0 spiro atoms. The summed E-state index contributed by atoms with van der Waals surface area (Å²) in [5.41, 5.74) is 2.64. The van der Waals surface area contributed by atoms with Gasteiger partial charge in [-0.25, -0.2) is 0 Å². The van der Waals surface area contributed by atoms with Crippen molar-refractivity contribution in [1.29, 1.82) is 0 Å². The van der Waals surface area contributed by atoms with Crippen LogP contribution in [0.2, 0.25) is 0 Å². The van der Waals surface area contributed by atoms with E-state index in [0.717, 1.165) is 24.0 Å². The summed E-state index contributed by atoms with van der Waals surface area (Å²) in [6, 6.07) is 6.34. The molecule has 2 nitrogen and oxygen atoms in total. The van der Waals surface area contributed by atoms with Crippen molar-refractivity contribution in [2.45, 2.75) is 32.6 Å². The summed E-state index contributed by atoms with van der Waals surface area (Å²) in [6.45, 7) is 2.43. The fourth-order valence-electron chi connectivity index (χ4n) is 3.78. The Bertz CT molecular complexity index is 442. The average molecular weight is 246 g/mol. The third-order valence-corrected chi connectivity index (χ3v) is 4.80. The third kappa shape index (κ3) is 2.03. The Hall–Kier alpha value is -1.02. The van der Waals surface area contributed by atoms with E-state index < -0.39 is 0 Å². The van der Waals surface area contributed by atoms with Crippen LogP contribution in [0.15, 0.2) is 18.2 Å². The Balaban J connectivity index is 1.84. The molecule has 1 N–H and O–H groups in total. The second kappa shape index (κ2) is 4.27. The van der Waals surface area contributed by atoms with Crippen molar-refractivity contribution >= 4 is 0 Å². The van der Waals surface area contributed by atoms with Crippen LogP contribution < -0.4 is 4.74 Å². The smallest absolute Gasteiger partial charge is 0.122 e. The molecular weight excluding hydrogens is 224 g/mol. The topological polar surface area (TPSA) is 29.5 Å². The zero-order valence-corrected chi connectivity index (χ0v) is 11.3. The van der Waals surface area contributed by atoms with Gasteiger partial charge in [0.2, 0.25) is 0 Å². The molecule has 0 saturated heterocycles. The van der Waals surface area contributed by atoms with Crippen molar-refractivity contribution in [3.05, 3.63) is 29.3 Å². The molecule has 0 aliphatic heterocycles. The van der Waals surface area contributed by atoms with Gasteiger partial charge in [0, 0.05) is 6.61 Å². The summed E-state index contributed by atoms with van der Waals surface area (Å²) in [4.78, 5) is 0. The van der Waals surface area contributed by atoms with E-state index in [0.29, 0.717) is 6.61 Å². The highest BCUT2D eigenvalue weighted by molar-refractivity contribution is 5.38. The molecule has 0 radical (unpaired) electrons. The summed E-state index contributed by atoms with van der Waals surface area (Å²) in [5, 5.41) is 9.81. The van der Waals surface area contributed by atoms with Crippen LogP contribution in [-0.4, -0.2) is 18.8 Å². The predicted molar refractivity (Wildman–Crippen MR) is 71.8 cm³/mol. The Labute approximate surface area is 109 Å². The van der Waals surface area contributed by atoms with E-state index in [1.54, 1.807) is 7.11 Å². The van der Waals surface area contributed by atoms with E-state index in [4.69, 9.17) is 4.74 Å². The minimum Gasteiger partial charge on any atom is -0.496 e. The van der Waals surface area contributed by atoms with Crippen LogP contribution in [0.1, 0.15) is 30.4 Å². The molecule has 1 aromatic carbocycles. The first-order chi connectivity index (χ1) is 8.65. The fraction of sp³-hybridized carbons (Fsp3) is 0.625. The van der Waals surface area contributed by atoms with E-state index >= 15 is 0 Å². The number of hydrogen-bond donors (Lipinski definition) is 1. The maximum atomic E-state index is 9.81. The molecule has 0 aromatic heterocycles. The van der Waals surface area contributed by atoms with Crippen LogP contribution in [-0.2, 0) is 6.42 Å². The van der Waals surface area contributed by atoms with Gasteiger partial charge < -0.3 is 9.84 Å². The lowest BCUT2D eigenvalue weighted by atomic mass is 9.78. The second-order valence-corrected chi connectivity index (χ2v) is 6.31. The Morgan fingerprint density at radius 2 is 2.06 bits per heavy atom. The number of hydrogen-bond acceptors (Lipinski definition) is 2. The molecule has 0 heterocycles. The van der Waals surface area contributed by atoms with Gasteiger partial charge in [0.05, 0.1) is 7.11 Å². The molecule has 2 saturated carbocycles. The Morgan fingerprint density at radius 3 is 2.67 bits per heavy atom. The molecule has 3 rings (SSSR count). The number of fused-ring (bicyclic) bond motifs is 1. The molecule has 2 aliphatic carbocycles. The summed E-state index contributed by atoms with van der Waals surface area (Å²) < 4.78 is 5.46. The van der Waals surface area contributed by atoms with Gasteiger partial charge in [-0.15, -0.1) is 0 Å². The molecule has 0 amide bonds. The highest BCUT2D eigenvalue weighted by Gasteiger charge is 2.53. The molecule has 2 aliphatic rings. The lowest BCUT2D eigenvalue weighted by Gasteiger charge is -2.29. The summed E-state index contributed by atoms with van der Waals surface area (Å²) in [5.74, 6) is 2.76. The summed E-state index contributed by atoms with van der Waals surface area (Å²) in [7, 11) is 1.73. The minimum absolute atomic E-state index is 0.120.